The predicted octanol–water partition coefficient (Wildman–Crippen LogP) is 3.57. The van der Waals surface area contributed by atoms with Crippen LogP contribution in [0, 0.1) is 15.9 Å². The average molecular weight is 353 g/mol. The number of benzene rings is 2. The number of aromatic nitrogens is 2. The van der Waals surface area contributed by atoms with Crippen molar-refractivity contribution in [3.05, 3.63) is 75.6 Å². The van der Waals surface area contributed by atoms with Gasteiger partial charge in [0.15, 0.2) is 0 Å². The molecule has 26 heavy (non-hydrogen) atoms. The molecule has 0 aliphatic carbocycles. The first-order chi connectivity index (χ1) is 12.5. The first kappa shape index (κ1) is 15.9. The third-order valence-electron chi connectivity index (χ3n) is 4.30. The zero-order valence-corrected chi connectivity index (χ0v) is 13.3. The largest absolute Gasteiger partial charge is 0.405 e. The highest BCUT2D eigenvalue weighted by Crippen LogP contribution is 2.43. The molecule has 0 fully saturated rings. The van der Waals surface area contributed by atoms with Crippen molar-refractivity contribution >= 4 is 11.7 Å². The van der Waals surface area contributed by atoms with Crippen LogP contribution in [0.2, 0.25) is 0 Å². The Bertz CT molecular complexity index is 1030. The zero-order valence-electron chi connectivity index (χ0n) is 13.3. The van der Waals surface area contributed by atoms with Crippen molar-refractivity contribution in [1.82, 2.24) is 10.2 Å². The lowest BCUT2D eigenvalue weighted by Gasteiger charge is -2.22. The Kier molecular flexibility index (Phi) is 3.72. The van der Waals surface area contributed by atoms with Gasteiger partial charge < -0.3 is 4.74 Å². The summed E-state index contributed by atoms with van der Waals surface area (Å²) in [5, 5.41) is 17.9. The third kappa shape index (κ3) is 2.71. The van der Waals surface area contributed by atoms with Crippen LogP contribution in [0.15, 0.2) is 48.5 Å². The van der Waals surface area contributed by atoms with Gasteiger partial charge in [0.2, 0.25) is 5.88 Å². The summed E-state index contributed by atoms with van der Waals surface area (Å²) < 4.78 is 18.9. The fourth-order valence-electron chi connectivity index (χ4n) is 3.16. The minimum absolute atomic E-state index is 0.0257. The molecule has 4 rings (SSSR count). The number of non-ortho nitro benzene ring substituents is 1. The van der Waals surface area contributed by atoms with Crippen molar-refractivity contribution in [3.63, 3.8) is 0 Å². The molecule has 1 atom stereocenters. The van der Waals surface area contributed by atoms with Crippen LogP contribution < -0.4 is 4.74 Å². The normalized spacial score (nSPS) is 16.0. The SMILES string of the molecule is O=C1CC(c2cccc(F)c2)c2c(n[nH]c2-c2cccc([N+](=O)[O-])c2)O1. The van der Waals surface area contributed by atoms with Crippen molar-refractivity contribution in [3.8, 4) is 17.1 Å². The summed E-state index contributed by atoms with van der Waals surface area (Å²) in [6.07, 6.45) is 0.0257. The highest BCUT2D eigenvalue weighted by molar-refractivity contribution is 5.80. The minimum Gasteiger partial charge on any atom is -0.405 e. The molecule has 7 nitrogen and oxygen atoms in total. The first-order valence-corrected chi connectivity index (χ1v) is 7.82. The molecule has 2 heterocycles. The number of H-pyrrole nitrogens is 1. The second kappa shape index (κ2) is 6.07. The molecule has 2 aromatic carbocycles. The first-order valence-electron chi connectivity index (χ1n) is 7.82. The van der Waals surface area contributed by atoms with E-state index in [1.807, 2.05) is 0 Å². The van der Waals surface area contributed by atoms with E-state index in [4.69, 9.17) is 4.74 Å². The van der Waals surface area contributed by atoms with Gasteiger partial charge in [-0.3, -0.25) is 20.0 Å². The Morgan fingerprint density at radius 3 is 2.81 bits per heavy atom. The molecule has 1 aliphatic rings. The second-order valence-corrected chi connectivity index (χ2v) is 5.91. The number of esters is 1. The fourth-order valence-corrected chi connectivity index (χ4v) is 3.16. The Hall–Kier alpha value is -3.55. The van der Waals surface area contributed by atoms with Crippen LogP contribution in [-0.4, -0.2) is 21.1 Å². The van der Waals surface area contributed by atoms with E-state index in [-0.39, 0.29) is 18.0 Å². The summed E-state index contributed by atoms with van der Waals surface area (Å²) >= 11 is 0. The number of nitro benzene ring substituents is 1. The molecular formula is C18H12FN3O4. The fraction of sp³-hybridized carbons (Fsp3) is 0.111. The van der Waals surface area contributed by atoms with E-state index in [1.165, 1.54) is 24.3 Å². The molecule has 0 amide bonds. The van der Waals surface area contributed by atoms with Gasteiger partial charge in [-0.1, -0.05) is 24.3 Å². The summed E-state index contributed by atoms with van der Waals surface area (Å²) in [5.74, 6) is -1.24. The molecule has 3 aromatic rings. The molecule has 0 spiro atoms. The smallest absolute Gasteiger partial charge is 0.313 e. The second-order valence-electron chi connectivity index (χ2n) is 5.91. The van der Waals surface area contributed by atoms with E-state index in [0.717, 1.165) is 0 Å². The van der Waals surface area contributed by atoms with E-state index in [9.17, 15) is 19.3 Å². The number of ether oxygens (including phenoxy) is 1. The number of carbonyl (C=O) groups is 1. The molecule has 1 N–H and O–H groups in total. The summed E-state index contributed by atoms with van der Waals surface area (Å²) in [6, 6.07) is 12.0. The van der Waals surface area contributed by atoms with Gasteiger partial charge in [-0.25, -0.2) is 4.39 Å². The summed E-state index contributed by atoms with van der Waals surface area (Å²) in [4.78, 5) is 22.5. The van der Waals surface area contributed by atoms with E-state index in [1.54, 1.807) is 24.3 Å². The van der Waals surface area contributed by atoms with Gasteiger partial charge >= 0.3 is 5.97 Å². The van der Waals surface area contributed by atoms with Crippen LogP contribution in [-0.2, 0) is 4.79 Å². The lowest BCUT2D eigenvalue weighted by atomic mass is 9.85. The van der Waals surface area contributed by atoms with Crippen molar-refractivity contribution in [2.45, 2.75) is 12.3 Å². The molecule has 1 unspecified atom stereocenters. The zero-order chi connectivity index (χ0) is 18.3. The average Bonchev–Trinajstić information content (AvgIpc) is 3.04. The highest BCUT2D eigenvalue weighted by atomic mass is 19.1. The van der Waals surface area contributed by atoms with Crippen molar-refractivity contribution in [2.75, 3.05) is 0 Å². The molecule has 0 bridgehead atoms. The highest BCUT2D eigenvalue weighted by Gasteiger charge is 2.34. The van der Waals surface area contributed by atoms with Crippen LogP contribution >= 0.6 is 0 Å². The van der Waals surface area contributed by atoms with Gasteiger partial charge in [0.05, 0.1) is 22.6 Å². The van der Waals surface area contributed by atoms with E-state index in [2.05, 4.69) is 10.2 Å². The molecular weight excluding hydrogens is 341 g/mol. The molecule has 130 valence electrons. The maximum atomic E-state index is 13.7. The van der Waals surface area contributed by atoms with Crippen molar-refractivity contribution in [1.29, 1.82) is 0 Å². The lowest BCUT2D eigenvalue weighted by Crippen LogP contribution is -2.21. The molecule has 1 aromatic heterocycles. The number of hydrogen-bond acceptors (Lipinski definition) is 5. The third-order valence-corrected chi connectivity index (χ3v) is 4.30. The number of hydrogen-bond donors (Lipinski definition) is 1. The number of fused-ring (bicyclic) bond motifs is 1. The number of nitro groups is 1. The number of halogens is 1. The Labute approximate surface area is 146 Å². The molecule has 8 heteroatoms. The predicted molar refractivity (Wildman–Crippen MR) is 89.2 cm³/mol. The quantitative estimate of drug-likeness (QED) is 0.441. The number of nitrogens with zero attached hydrogens (tertiary/aromatic N) is 2. The van der Waals surface area contributed by atoms with E-state index >= 15 is 0 Å². The summed E-state index contributed by atoms with van der Waals surface area (Å²) in [6.45, 7) is 0. The molecule has 0 radical (unpaired) electrons. The van der Waals surface area contributed by atoms with Gasteiger partial charge in [-0.15, -0.1) is 5.10 Å². The van der Waals surface area contributed by atoms with Crippen LogP contribution in [0.1, 0.15) is 23.5 Å². The Morgan fingerprint density at radius 2 is 2.04 bits per heavy atom. The standard InChI is InChI=1S/C18H12FN3O4/c19-12-5-1-3-10(7-12)14-9-15(23)26-18-16(14)17(20-21-18)11-4-2-6-13(8-11)22(24)25/h1-8,14H,9H2,(H,20,21). The van der Waals surface area contributed by atoms with Gasteiger partial charge in [0.1, 0.15) is 5.82 Å². The monoisotopic (exact) mass is 353 g/mol. The Morgan fingerprint density at radius 1 is 1.23 bits per heavy atom. The number of aromatic amines is 1. The summed E-state index contributed by atoms with van der Waals surface area (Å²) in [7, 11) is 0. The maximum Gasteiger partial charge on any atom is 0.313 e. The van der Waals surface area contributed by atoms with Crippen LogP contribution in [0.4, 0.5) is 10.1 Å². The van der Waals surface area contributed by atoms with Crippen LogP contribution in [0.3, 0.4) is 0 Å². The van der Waals surface area contributed by atoms with Gasteiger partial charge in [-0.05, 0) is 17.7 Å². The minimum atomic E-state index is -0.490. The topological polar surface area (TPSA) is 98.1 Å². The molecule has 1 aliphatic heterocycles. The number of nitrogens with one attached hydrogen (secondary N) is 1. The number of rotatable bonds is 3. The van der Waals surface area contributed by atoms with Crippen LogP contribution in [0.5, 0.6) is 5.88 Å². The molecule has 0 saturated carbocycles. The Balaban J connectivity index is 1.87. The summed E-state index contributed by atoms with van der Waals surface area (Å²) in [5.41, 5.74) is 2.16. The van der Waals surface area contributed by atoms with E-state index in [0.29, 0.717) is 22.4 Å². The lowest BCUT2D eigenvalue weighted by molar-refractivity contribution is -0.384. The van der Waals surface area contributed by atoms with Crippen molar-refractivity contribution in [2.24, 2.45) is 0 Å². The van der Waals surface area contributed by atoms with Crippen molar-refractivity contribution < 1.29 is 18.8 Å². The van der Waals surface area contributed by atoms with Gasteiger partial charge in [-0.2, -0.15) is 0 Å². The van der Waals surface area contributed by atoms with E-state index < -0.39 is 22.6 Å². The van der Waals surface area contributed by atoms with Crippen LogP contribution in [0.25, 0.3) is 11.3 Å². The molecule has 0 saturated heterocycles. The van der Waals surface area contributed by atoms with Gasteiger partial charge in [0.25, 0.3) is 5.69 Å². The van der Waals surface area contributed by atoms with Gasteiger partial charge in [0, 0.05) is 23.6 Å². The number of carbonyl (C=O) groups excluding carboxylic acids is 1. The maximum absolute atomic E-state index is 13.7.